The Balaban J connectivity index is 2.08. The largest absolute Gasteiger partial charge is 0.490 e. The van der Waals surface area contributed by atoms with Gasteiger partial charge >= 0.3 is 5.97 Å². The Kier molecular flexibility index (Phi) is 4.07. The van der Waals surface area contributed by atoms with Crippen LogP contribution in [0.2, 0.25) is 0 Å². The summed E-state index contributed by atoms with van der Waals surface area (Å²) in [6.07, 6.45) is 1.52. The lowest BCUT2D eigenvalue weighted by Gasteiger charge is -2.23. The van der Waals surface area contributed by atoms with Gasteiger partial charge < -0.3 is 20.3 Å². The normalized spacial score (nSPS) is 26.3. The molecule has 1 aromatic carbocycles. The maximum atomic E-state index is 11.3. The zero-order valence-electron chi connectivity index (χ0n) is 10.9. The van der Waals surface area contributed by atoms with Crippen LogP contribution in [0.5, 0.6) is 5.75 Å². The molecule has 1 fully saturated rings. The number of para-hydroxylation sites is 1. The van der Waals surface area contributed by atoms with Crippen LogP contribution < -0.4 is 10.1 Å². The van der Waals surface area contributed by atoms with Crippen molar-refractivity contribution in [3.8, 4) is 5.75 Å². The van der Waals surface area contributed by atoms with Gasteiger partial charge in [-0.15, -0.1) is 0 Å². The van der Waals surface area contributed by atoms with E-state index in [-0.39, 0.29) is 12.7 Å². The molecule has 1 aromatic rings. The van der Waals surface area contributed by atoms with Crippen molar-refractivity contribution in [3.05, 3.63) is 29.8 Å². The van der Waals surface area contributed by atoms with Crippen LogP contribution in [0.25, 0.3) is 0 Å². The van der Waals surface area contributed by atoms with Crippen molar-refractivity contribution >= 4 is 5.97 Å². The number of aliphatic carboxylic acids is 1. The molecule has 2 atom stereocenters. The van der Waals surface area contributed by atoms with Crippen LogP contribution in [-0.2, 0) is 11.4 Å². The zero-order valence-corrected chi connectivity index (χ0v) is 10.9. The van der Waals surface area contributed by atoms with Crippen molar-refractivity contribution in [2.45, 2.75) is 37.5 Å². The third kappa shape index (κ3) is 2.72. The summed E-state index contributed by atoms with van der Waals surface area (Å²) in [5.74, 6) is -0.205. The molecule has 104 valence electrons. The molecule has 5 heteroatoms. The number of likely N-dealkylation sites (N-methyl/N-ethyl adjacent to an activating group) is 1. The average molecular weight is 265 g/mol. The van der Waals surface area contributed by atoms with Gasteiger partial charge in [0, 0.05) is 12.0 Å². The first-order chi connectivity index (χ1) is 9.11. The SMILES string of the molecule is CNC1(C(=O)O)CCC(Oc2ccccc2CO)C1. The van der Waals surface area contributed by atoms with E-state index in [1.54, 1.807) is 19.2 Å². The molecule has 0 bridgehead atoms. The Morgan fingerprint density at radius 3 is 2.84 bits per heavy atom. The summed E-state index contributed by atoms with van der Waals surface area (Å²) in [6.45, 7) is -0.0843. The summed E-state index contributed by atoms with van der Waals surface area (Å²) in [5.41, 5.74) is -0.168. The first-order valence-corrected chi connectivity index (χ1v) is 6.39. The lowest BCUT2D eigenvalue weighted by molar-refractivity contribution is -0.144. The lowest BCUT2D eigenvalue weighted by atomic mass is 9.98. The highest BCUT2D eigenvalue weighted by Crippen LogP contribution is 2.33. The predicted octanol–water partition coefficient (Wildman–Crippen LogP) is 1.15. The number of hydrogen-bond acceptors (Lipinski definition) is 4. The number of carboxylic acid groups (broad SMARTS) is 1. The minimum atomic E-state index is -0.890. The molecule has 19 heavy (non-hydrogen) atoms. The number of rotatable bonds is 5. The van der Waals surface area contributed by atoms with Crippen molar-refractivity contribution in [3.63, 3.8) is 0 Å². The second kappa shape index (κ2) is 5.59. The highest BCUT2D eigenvalue weighted by atomic mass is 16.5. The maximum absolute atomic E-state index is 11.3. The van der Waals surface area contributed by atoms with Gasteiger partial charge in [-0.3, -0.25) is 4.79 Å². The number of nitrogens with one attached hydrogen (secondary N) is 1. The fourth-order valence-electron chi connectivity index (χ4n) is 2.56. The van der Waals surface area contributed by atoms with E-state index in [1.165, 1.54) is 0 Å². The second-order valence-electron chi connectivity index (χ2n) is 4.89. The molecule has 0 spiro atoms. The maximum Gasteiger partial charge on any atom is 0.324 e. The molecule has 0 heterocycles. The first-order valence-electron chi connectivity index (χ1n) is 6.39. The molecule has 0 saturated heterocycles. The minimum absolute atomic E-state index is 0.0843. The number of benzene rings is 1. The molecule has 1 aliphatic rings. The van der Waals surface area contributed by atoms with Crippen molar-refractivity contribution in [1.82, 2.24) is 5.32 Å². The van der Waals surface area contributed by atoms with E-state index >= 15 is 0 Å². The third-order valence-corrected chi connectivity index (χ3v) is 3.79. The van der Waals surface area contributed by atoms with E-state index in [1.807, 2.05) is 12.1 Å². The van der Waals surface area contributed by atoms with Gasteiger partial charge in [-0.25, -0.2) is 0 Å². The molecular formula is C14H19NO4. The van der Waals surface area contributed by atoms with E-state index in [0.29, 0.717) is 25.0 Å². The summed E-state index contributed by atoms with van der Waals surface area (Å²) in [5, 5.41) is 21.4. The highest BCUT2D eigenvalue weighted by Gasteiger charge is 2.45. The zero-order chi connectivity index (χ0) is 13.9. The van der Waals surface area contributed by atoms with Crippen LogP contribution in [0.4, 0.5) is 0 Å². The van der Waals surface area contributed by atoms with Gasteiger partial charge in [0.05, 0.1) is 6.61 Å². The molecule has 3 N–H and O–H groups in total. The van der Waals surface area contributed by atoms with E-state index < -0.39 is 11.5 Å². The van der Waals surface area contributed by atoms with Gasteiger partial charge in [0.1, 0.15) is 17.4 Å². The third-order valence-electron chi connectivity index (χ3n) is 3.79. The predicted molar refractivity (Wildman–Crippen MR) is 70.1 cm³/mol. The standard InChI is InChI=1S/C14H19NO4/c1-15-14(13(17)18)7-6-11(8-14)19-12-5-3-2-4-10(12)9-16/h2-5,11,15-16H,6-9H2,1H3,(H,17,18). The lowest BCUT2D eigenvalue weighted by Crippen LogP contribution is -2.48. The van der Waals surface area contributed by atoms with Gasteiger partial charge in [-0.05, 0) is 26.0 Å². The van der Waals surface area contributed by atoms with Gasteiger partial charge in [0.2, 0.25) is 0 Å². The molecule has 2 unspecified atom stereocenters. The molecular weight excluding hydrogens is 246 g/mol. The molecule has 0 aromatic heterocycles. The van der Waals surface area contributed by atoms with Crippen LogP contribution >= 0.6 is 0 Å². The van der Waals surface area contributed by atoms with Gasteiger partial charge in [0.25, 0.3) is 0 Å². The van der Waals surface area contributed by atoms with E-state index in [9.17, 15) is 15.0 Å². The van der Waals surface area contributed by atoms with Crippen LogP contribution in [0.1, 0.15) is 24.8 Å². The van der Waals surface area contributed by atoms with Crippen molar-refractivity contribution in [1.29, 1.82) is 0 Å². The molecule has 0 aliphatic heterocycles. The van der Waals surface area contributed by atoms with Crippen LogP contribution in [0, 0.1) is 0 Å². The monoisotopic (exact) mass is 265 g/mol. The fraction of sp³-hybridized carbons (Fsp3) is 0.500. The molecule has 0 radical (unpaired) electrons. The Hall–Kier alpha value is -1.59. The topological polar surface area (TPSA) is 78.8 Å². The number of aliphatic hydroxyl groups is 1. The van der Waals surface area contributed by atoms with E-state index in [0.717, 1.165) is 5.56 Å². The van der Waals surface area contributed by atoms with Gasteiger partial charge in [-0.1, -0.05) is 18.2 Å². The summed E-state index contributed by atoms with van der Waals surface area (Å²) < 4.78 is 5.84. The minimum Gasteiger partial charge on any atom is -0.490 e. The Labute approximate surface area is 112 Å². The van der Waals surface area contributed by atoms with Crippen LogP contribution in [0.3, 0.4) is 0 Å². The summed E-state index contributed by atoms with van der Waals surface area (Å²) in [4.78, 5) is 11.3. The van der Waals surface area contributed by atoms with Crippen molar-refractivity contribution in [2.75, 3.05) is 7.05 Å². The van der Waals surface area contributed by atoms with Crippen molar-refractivity contribution in [2.24, 2.45) is 0 Å². The second-order valence-corrected chi connectivity index (χ2v) is 4.89. The molecule has 2 rings (SSSR count). The van der Waals surface area contributed by atoms with Crippen LogP contribution in [-0.4, -0.2) is 34.9 Å². The highest BCUT2D eigenvalue weighted by molar-refractivity contribution is 5.79. The number of carbonyl (C=O) groups is 1. The Bertz CT molecular complexity index is 463. The number of aliphatic hydroxyl groups excluding tert-OH is 1. The number of ether oxygens (including phenoxy) is 1. The fourth-order valence-corrected chi connectivity index (χ4v) is 2.56. The molecule has 1 aliphatic carbocycles. The number of hydrogen-bond donors (Lipinski definition) is 3. The summed E-state index contributed by atoms with van der Waals surface area (Å²) in [6, 6.07) is 7.27. The Morgan fingerprint density at radius 1 is 1.53 bits per heavy atom. The molecule has 1 saturated carbocycles. The molecule has 5 nitrogen and oxygen atoms in total. The molecule has 0 amide bonds. The van der Waals surface area contributed by atoms with Gasteiger partial charge in [0.15, 0.2) is 0 Å². The summed E-state index contributed by atoms with van der Waals surface area (Å²) in [7, 11) is 1.66. The summed E-state index contributed by atoms with van der Waals surface area (Å²) >= 11 is 0. The van der Waals surface area contributed by atoms with Crippen molar-refractivity contribution < 1.29 is 19.7 Å². The van der Waals surface area contributed by atoms with E-state index in [4.69, 9.17) is 4.74 Å². The number of carboxylic acids is 1. The van der Waals surface area contributed by atoms with E-state index in [2.05, 4.69) is 5.32 Å². The smallest absolute Gasteiger partial charge is 0.324 e. The average Bonchev–Trinajstić information content (AvgIpc) is 2.84. The quantitative estimate of drug-likeness (QED) is 0.744. The Morgan fingerprint density at radius 2 is 2.26 bits per heavy atom. The first kappa shape index (κ1) is 13.8. The van der Waals surface area contributed by atoms with Gasteiger partial charge in [-0.2, -0.15) is 0 Å². The van der Waals surface area contributed by atoms with Crippen LogP contribution in [0.15, 0.2) is 24.3 Å².